The van der Waals surface area contributed by atoms with Crippen molar-refractivity contribution in [3.8, 4) is 6.19 Å². The Morgan fingerprint density at radius 2 is 2.19 bits per heavy atom. The summed E-state index contributed by atoms with van der Waals surface area (Å²) in [6.07, 6.45) is 1.59. The number of aromatic nitrogens is 1. The average molecular weight is 544 g/mol. The molecule has 19 heteroatoms. The van der Waals surface area contributed by atoms with Gasteiger partial charge in [0.15, 0.2) is 10.8 Å². The van der Waals surface area contributed by atoms with E-state index >= 15 is 0 Å². The highest BCUT2D eigenvalue weighted by atomic mass is 32.2. The maximum absolute atomic E-state index is 13.1. The van der Waals surface area contributed by atoms with Crippen molar-refractivity contribution in [3.63, 3.8) is 0 Å². The van der Waals surface area contributed by atoms with Crippen LogP contribution in [0.1, 0.15) is 19.5 Å². The first-order valence-electron chi connectivity index (χ1n) is 10.0. The molecule has 6 N–H and O–H groups in total. The molecule has 17 nitrogen and oxygen atoms in total. The monoisotopic (exact) mass is 543 g/mol. The molecule has 3 heterocycles. The molecule has 0 radical (unpaired) electrons. The van der Waals surface area contributed by atoms with Gasteiger partial charge < -0.3 is 31.2 Å². The van der Waals surface area contributed by atoms with Crippen molar-refractivity contribution in [3.05, 3.63) is 11.1 Å². The normalized spacial score (nSPS) is 21.6. The predicted octanol–water partition coefficient (Wildman–Crippen LogP) is -2.45. The molecule has 2 aliphatic rings. The fraction of sp³-hybridized carbons (Fsp3) is 0.471. The van der Waals surface area contributed by atoms with E-state index in [2.05, 4.69) is 25.8 Å². The minimum absolute atomic E-state index is 0.0592. The number of carbonyl (C=O) groups is 3. The number of amides is 2. The summed E-state index contributed by atoms with van der Waals surface area (Å²) >= 11 is 0.953. The number of nitrogen functional groups attached to an aromatic ring is 1. The Morgan fingerprint density at radius 3 is 2.75 bits per heavy atom. The summed E-state index contributed by atoms with van der Waals surface area (Å²) in [5.74, 6) is -3.44. The lowest BCUT2D eigenvalue weighted by molar-refractivity contribution is -0.161. The Balaban J connectivity index is 1.88. The number of anilines is 1. The van der Waals surface area contributed by atoms with Gasteiger partial charge in [-0.1, -0.05) is 5.16 Å². The van der Waals surface area contributed by atoms with E-state index in [1.54, 1.807) is 6.19 Å². The topological polar surface area (TPSA) is 253 Å². The zero-order valence-corrected chi connectivity index (χ0v) is 20.4. The number of β-lactam (4-membered cyclic amide) rings is 1. The fourth-order valence-corrected chi connectivity index (χ4v) is 4.65. The number of aliphatic carboxylic acids is 1. The van der Waals surface area contributed by atoms with Gasteiger partial charge in [0, 0.05) is 25.0 Å². The molecule has 0 bridgehead atoms. The lowest BCUT2D eigenvalue weighted by Crippen LogP contribution is -2.74. The number of nitriles is 1. The molecule has 36 heavy (non-hydrogen) atoms. The van der Waals surface area contributed by atoms with E-state index in [1.165, 1.54) is 24.1 Å². The Kier molecular flexibility index (Phi) is 7.33. The lowest BCUT2D eigenvalue weighted by atomic mass is 9.97. The number of nitrogens with two attached hydrogens (primary N) is 1. The molecule has 1 aromatic heterocycles. The summed E-state index contributed by atoms with van der Waals surface area (Å²) in [6, 6.07) is -2.73. The van der Waals surface area contributed by atoms with Crippen LogP contribution in [0.5, 0.6) is 0 Å². The first-order valence-corrected chi connectivity index (χ1v) is 12.3. The van der Waals surface area contributed by atoms with Crippen molar-refractivity contribution >= 4 is 56.2 Å². The number of oxime groups is 1. The van der Waals surface area contributed by atoms with Gasteiger partial charge in [-0.3, -0.25) is 14.1 Å². The van der Waals surface area contributed by atoms with Gasteiger partial charge >= 0.3 is 16.3 Å². The Bertz CT molecular complexity index is 1280. The summed E-state index contributed by atoms with van der Waals surface area (Å²) in [5, 5.41) is 28.2. The smallest absolute Gasteiger partial charge is 0.362 e. The van der Waals surface area contributed by atoms with Crippen LogP contribution in [0.2, 0.25) is 0 Å². The molecule has 2 fully saturated rings. The van der Waals surface area contributed by atoms with E-state index in [0.29, 0.717) is 13.1 Å². The predicted molar refractivity (Wildman–Crippen MR) is 123 cm³/mol. The third-order valence-corrected chi connectivity index (χ3v) is 6.71. The number of carboxylic acid groups (broad SMARTS) is 1. The third kappa shape index (κ3) is 5.45. The SMILES string of the molecule is CC(C)(O/N=C(\C(=O)N[C@@H]1C(=O)N(S(=O)(=O)O)[C@@H]1CN1CCN/C1=N\C#N)c1csc(N)n1)C(=O)O. The molecule has 3 rings (SSSR count). The van der Waals surface area contributed by atoms with Crippen molar-refractivity contribution in [2.24, 2.45) is 10.1 Å². The van der Waals surface area contributed by atoms with Crippen LogP contribution >= 0.6 is 11.3 Å². The van der Waals surface area contributed by atoms with E-state index in [4.69, 9.17) is 15.8 Å². The zero-order chi connectivity index (χ0) is 26.8. The number of thiazole rings is 1. The van der Waals surface area contributed by atoms with Crippen molar-refractivity contribution < 1.29 is 37.3 Å². The largest absolute Gasteiger partial charge is 0.478 e. The molecule has 2 amide bonds. The van der Waals surface area contributed by atoms with Crippen molar-refractivity contribution in [1.82, 2.24) is 24.8 Å². The van der Waals surface area contributed by atoms with Crippen molar-refractivity contribution in [2.45, 2.75) is 31.5 Å². The number of nitrogens with zero attached hydrogens (tertiary/aromatic N) is 6. The summed E-state index contributed by atoms with van der Waals surface area (Å²) in [6.45, 7) is 2.83. The molecule has 2 aliphatic heterocycles. The molecule has 2 saturated heterocycles. The number of aliphatic imine (C=N–C) groups is 1. The molecular weight excluding hydrogens is 522 g/mol. The van der Waals surface area contributed by atoms with Crippen LogP contribution in [0.4, 0.5) is 5.13 Å². The standard InChI is InChI=1S/C17H21N9O8S2/c1-17(2,14(29)30)34-24-10(8-6-35-15(19)22-8)12(27)23-11-9(26(13(11)28)36(31,32)33)5-25-4-3-20-16(25)21-7-18/h6,9,11H,3-5H2,1-2H3,(H2,19,22)(H,20,21)(H,23,27)(H,29,30)(H,31,32,33)/b24-10-/t9-,11+/m1/s1. The third-order valence-electron chi connectivity index (χ3n) is 5.09. The Morgan fingerprint density at radius 1 is 1.50 bits per heavy atom. The summed E-state index contributed by atoms with van der Waals surface area (Å²) in [4.78, 5) is 50.9. The van der Waals surface area contributed by atoms with E-state index < -0.39 is 51.5 Å². The summed E-state index contributed by atoms with van der Waals surface area (Å²) in [7, 11) is -4.98. The number of carboxylic acids is 1. The first kappa shape index (κ1) is 26.6. The number of guanidine groups is 1. The maximum atomic E-state index is 13.1. The Labute approximate surface area is 208 Å². The van der Waals surface area contributed by atoms with Crippen LogP contribution in [0.3, 0.4) is 0 Å². The highest BCUT2D eigenvalue weighted by Gasteiger charge is 2.55. The summed E-state index contributed by atoms with van der Waals surface area (Å²) < 4.78 is 33.3. The van der Waals surface area contributed by atoms with Gasteiger partial charge in [-0.05, 0) is 13.8 Å². The van der Waals surface area contributed by atoms with Gasteiger partial charge in [-0.2, -0.15) is 13.7 Å². The quantitative estimate of drug-likeness (QED) is 0.0713. The number of carbonyl (C=O) groups excluding carboxylic acids is 2. The number of hydrogen-bond donors (Lipinski definition) is 5. The van der Waals surface area contributed by atoms with Crippen molar-refractivity contribution in [1.29, 1.82) is 5.26 Å². The van der Waals surface area contributed by atoms with E-state index in [1.807, 2.05) is 0 Å². The highest BCUT2D eigenvalue weighted by Crippen LogP contribution is 2.25. The van der Waals surface area contributed by atoms with Crippen LogP contribution in [-0.4, -0.2) is 99.0 Å². The second-order valence-electron chi connectivity index (χ2n) is 7.96. The van der Waals surface area contributed by atoms with Crippen LogP contribution in [-0.2, 0) is 29.5 Å². The second-order valence-corrected chi connectivity index (χ2v) is 10.1. The van der Waals surface area contributed by atoms with E-state index in [-0.39, 0.29) is 27.6 Å². The van der Waals surface area contributed by atoms with E-state index in [0.717, 1.165) is 11.3 Å². The van der Waals surface area contributed by atoms with Crippen LogP contribution in [0.25, 0.3) is 0 Å². The molecule has 194 valence electrons. The van der Waals surface area contributed by atoms with Crippen LogP contribution in [0.15, 0.2) is 15.5 Å². The minimum Gasteiger partial charge on any atom is -0.478 e. The van der Waals surface area contributed by atoms with Gasteiger partial charge in [0.05, 0.1) is 6.04 Å². The summed E-state index contributed by atoms with van der Waals surface area (Å²) in [5.41, 5.74) is 3.17. The molecule has 0 spiro atoms. The molecule has 0 saturated carbocycles. The minimum atomic E-state index is -4.98. The molecule has 0 aliphatic carbocycles. The van der Waals surface area contributed by atoms with Gasteiger partial charge in [0.25, 0.3) is 11.8 Å². The molecule has 2 atom stereocenters. The number of hydrogen-bond acceptors (Lipinski definition) is 12. The highest BCUT2D eigenvalue weighted by molar-refractivity contribution is 7.84. The molecule has 0 aromatic carbocycles. The van der Waals surface area contributed by atoms with Gasteiger partial charge in [0.2, 0.25) is 17.8 Å². The Hall–Kier alpha value is -4.02. The second kappa shape index (κ2) is 9.92. The first-order chi connectivity index (χ1) is 16.8. The lowest BCUT2D eigenvalue weighted by Gasteiger charge is -2.45. The van der Waals surface area contributed by atoms with Gasteiger partial charge in [-0.25, -0.2) is 14.1 Å². The zero-order valence-electron chi connectivity index (χ0n) is 18.8. The van der Waals surface area contributed by atoms with E-state index in [9.17, 15) is 32.5 Å². The average Bonchev–Trinajstić information content (AvgIpc) is 3.39. The van der Waals surface area contributed by atoms with Crippen molar-refractivity contribution in [2.75, 3.05) is 25.4 Å². The van der Waals surface area contributed by atoms with Gasteiger partial charge in [0.1, 0.15) is 11.7 Å². The van der Waals surface area contributed by atoms with Crippen LogP contribution in [0, 0.1) is 11.5 Å². The van der Waals surface area contributed by atoms with Crippen LogP contribution < -0.4 is 16.4 Å². The fourth-order valence-electron chi connectivity index (χ4n) is 3.23. The maximum Gasteiger partial charge on any atom is 0.362 e. The number of rotatable bonds is 9. The van der Waals surface area contributed by atoms with Gasteiger partial charge in [-0.15, -0.1) is 16.3 Å². The molecule has 1 aromatic rings. The molecule has 0 unspecified atom stereocenters. The number of nitrogens with one attached hydrogen (secondary N) is 2. The molecular formula is C17H21N9O8S2.